The van der Waals surface area contributed by atoms with Crippen molar-refractivity contribution in [1.82, 2.24) is 5.32 Å². The minimum absolute atomic E-state index is 0.0942. The number of ether oxygens (including phenoxy) is 2. The van der Waals surface area contributed by atoms with Crippen LogP contribution < -0.4 is 14.8 Å². The van der Waals surface area contributed by atoms with Crippen molar-refractivity contribution in [2.45, 2.75) is 38.5 Å². The molecule has 2 N–H and O–H groups in total. The molecule has 0 saturated carbocycles. The first-order valence-corrected chi connectivity index (χ1v) is 9.25. The Labute approximate surface area is 156 Å². The second kappa shape index (κ2) is 8.11. The molecule has 0 aliphatic carbocycles. The topological polar surface area (TPSA) is 50.7 Å². The van der Waals surface area contributed by atoms with Crippen LogP contribution >= 0.6 is 0 Å². The van der Waals surface area contributed by atoms with Crippen molar-refractivity contribution < 1.29 is 14.6 Å². The number of hydrogen-bond acceptors (Lipinski definition) is 4. The van der Waals surface area contributed by atoms with Gasteiger partial charge in [0.1, 0.15) is 11.5 Å². The Balaban J connectivity index is 1.89. The number of aliphatic hydroxyl groups excluding tert-OH is 1. The van der Waals surface area contributed by atoms with Crippen molar-refractivity contribution >= 4 is 0 Å². The predicted molar refractivity (Wildman–Crippen MR) is 104 cm³/mol. The van der Waals surface area contributed by atoms with Crippen LogP contribution in [0.5, 0.6) is 11.5 Å². The first kappa shape index (κ1) is 18.7. The van der Waals surface area contributed by atoms with Crippen LogP contribution in [0, 0.1) is 11.8 Å². The molecule has 1 heterocycles. The lowest BCUT2D eigenvalue weighted by atomic mass is 9.74. The molecule has 4 atom stereocenters. The van der Waals surface area contributed by atoms with E-state index in [0.717, 1.165) is 11.5 Å². The van der Waals surface area contributed by atoms with Gasteiger partial charge in [0.15, 0.2) is 0 Å². The molecule has 0 radical (unpaired) electrons. The average molecular weight is 355 g/mol. The van der Waals surface area contributed by atoms with Crippen LogP contribution in [0.4, 0.5) is 0 Å². The number of benzene rings is 2. The van der Waals surface area contributed by atoms with Crippen LogP contribution in [0.3, 0.4) is 0 Å². The summed E-state index contributed by atoms with van der Waals surface area (Å²) >= 11 is 0. The fourth-order valence-electron chi connectivity index (χ4n) is 4.04. The summed E-state index contributed by atoms with van der Waals surface area (Å²) in [6, 6.07) is 16.4. The zero-order chi connectivity index (χ0) is 18.7. The Morgan fingerprint density at radius 2 is 1.38 bits per heavy atom. The Kier molecular flexibility index (Phi) is 5.84. The lowest BCUT2D eigenvalue weighted by molar-refractivity contribution is 0.00765. The smallest absolute Gasteiger partial charge is 0.118 e. The van der Waals surface area contributed by atoms with E-state index in [1.807, 2.05) is 24.3 Å². The van der Waals surface area contributed by atoms with Crippen LogP contribution in [-0.4, -0.2) is 25.4 Å². The number of hydrogen-bond donors (Lipinski definition) is 2. The third-order valence-electron chi connectivity index (χ3n) is 5.45. The molecule has 0 amide bonds. The van der Waals surface area contributed by atoms with Gasteiger partial charge < -0.3 is 19.9 Å². The first-order valence-electron chi connectivity index (χ1n) is 9.25. The lowest BCUT2D eigenvalue weighted by Gasteiger charge is -2.43. The normalized spacial score (nSPS) is 25.9. The number of piperidine rings is 1. The molecule has 1 aliphatic heterocycles. The predicted octanol–water partition coefficient (Wildman–Crippen LogP) is 4.11. The van der Waals surface area contributed by atoms with Crippen LogP contribution in [0.25, 0.3) is 0 Å². The van der Waals surface area contributed by atoms with E-state index in [1.54, 1.807) is 14.2 Å². The largest absolute Gasteiger partial charge is 0.497 e. The second-order valence-corrected chi connectivity index (χ2v) is 7.37. The summed E-state index contributed by atoms with van der Waals surface area (Å²) in [5.74, 6) is 2.23. The van der Waals surface area contributed by atoms with E-state index in [2.05, 4.69) is 43.4 Å². The minimum Gasteiger partial charge on any atom is -0.497 e. The Morgan fingerprint density at radius 3 is 1.85 bits per heavy atom. The summed E-state index contributed by atoms with van der Waals surface area (Å²) in [5.41, 5.74) is 2.35. The van der Waals surface area contributed by atoms with Gasteiger partial charge in [0.05, 0.1) is 20.3 Å². The molecule has 1 saturated heterocycles. The molecule has 1 fully saturated rings. The van der Waals surface area contributed by atoms with Gasteiger partial charge in [-0.25, -0.2) is 0 Å². The van der Waals surface area contributed by atoms with Gasteiger partial charge in [0, 0.05) is 18.0 Å². The van der Waals surface area contributed by atoms with E-state index in [-0.39, 0.29) is 24.1 Å². The van der Waals surface area contributed by atoms with Crippen molar-refractivity contribution in [3.63, 3.8) is 0 Å². The third kappa shape index (κ3) is 3.87. The van der Waals surface area contributed by atoms with E-state index in [0.29, 0.717) is 12.3 Å². The Hall–Kier alpha value is -2.04. The van der Waals surface area contributed by atoms with E-state index in [9.17, 15) is 5.11 Å². The fraction of sp³-hybridized carbons (Fsp3) is 0.455. The van der Waals surface area contributed by atoms with E-state index >= 15 is 0 Å². The molecule has 140 valence electrons. The van der Waals surface area contributed by atoms with Crippen molar-refractivity contribution in [2.75, 3.05) is 14.2 Å². The molecule has 0 spiro atoms. The summed E-state index contributed by atoms with van der Waals surface area (Å²) in [7, 11) is 3.35. The Morgan fingerprint density at radius 1 is 0.885 bits per heavy atom. The van der Waals surface area contributed by atoms with Gasteiger partial charge in [0.25, 0.3) is 0 Å². The van der Waals surface area contributed by atoms with Crippen LogP contribution in [-0.2, 0) is 0 Å². The van der Waals surface area contributed by atoms with Gasteiger partial charge in [-0.15, -0.1) is 0 Å². The zero-order valence-electron chi connectivity index (χ0n) is 16.0. The molecule has 0 unspecified atom stereocenters. The molecule has 2 aromatic rings. The summed E-state index contributed by atoms with van der Waals surface area (Å²) in [4.78, 5) is 0. The van der Waals surface area contributed by atoms with Crippen molar-refractivity contribution in [3.05, 3.63) is 59.7 Å². The molecule has 4 heteroatoms. The third-order valence-corrected chi connectivity index (χ3v) is 5.45. The molecular formula is C22H29NO3. The lowest BCUT2D eigenvalue weighted by Crippen LogP contribution is -2.46. The molecule has 0 bridgehead atoms. The molecular weight excluding hydrogens is 326 g/mol. The maximum Gasteiger partial charge on any atom is 0.118 e. The van der Waals surface area contributed by atoms with E-state index < -0.39 is 0 Å². The maximum atomic E-state index is 10.9. The highest BCUT2D eigenvalue weighted by atomic mass is 16.5. The van der Waals surface area contributed by atoms with Gasteiger partial charge in [-0.3, -0.25) is 0 Å². The van der Waals surface area contributed by atoms with Crippen LogP contribution in [0.1, 0.15) is 43.5 Å². The number of aliphatic hydroxyl groups is 1. The zero-order valence-corrected chi connectivity index (χ0v) is 16.0. The highest BCUT2D eigenvalue weighted by Gasteiger charge is 2.39. The van der Waals surface area contributed by atoms with Crippen LogP contribution in [0.15, 0.2) is 48.5 Å². The first-order chi connectivity index (χ1) is 12.5. The van der Waals surface area contributed by atoms with Gasteiger partial charge >= 0.3 is 0 Å². The molecule has 26 heavy (non-hydrogen) atoms. The van der Waals surface area contributed by atoms with E-state index in [4.69, 9.17) is 9.47 Å². The molecule has 2 aromatic carbocycles. The van der Waals surface area contributed by atoms with Crippen molar-refractivity contribution in [1.29, 1.82) is 0 Å². The SMILES string of the molecule is COc1ccc([C@@H]2C[C@H](O)[C@@H](C(C)C)[C@@H](c3ccc(OC)cc3)N2)cc1. The quantitative estimate of drug-likeness (QED) is 0.847. The van der Waals surface area contributed by atoms with Gasteiger partial charge in [-0.2, -0.15) is 0 Å². The molecule has 3 rings (SSSR count). The number of nitrogens with one attached hydrogen (secondary N) is 1. The van der Waals surface area contributed by atoms with Crippen LogP contribution in [0.2, 0.25) is 0 Å². The fourth-order valence-corrected chi connectivity index (χ4v) is 4.04. The monoisotopic (exact) mass is 355 g/mol. The minimum atomic E-state index is -0.351. The second-order valence-electron chi connectivity index (χ2n) is 7.37. The standard InChI is InChI=1S/C22H29NO3/c1-14(2)21-20(24)13-19(15-5-9-17(25-3)10-6-15)23-22(21)16-7-11-18(26-4)12-8-16/h5-12,14,19-24H,13H2,1-4H3/t19-,20-,21+,22+/m0/s1. The van der Waals surface area contributed by atoms with Crippen molar-refractivity contribution in [3.8, 4) is 11.5 Å². The van der Waals surface area contributed by atoms with Gasteiger partial charge in [-0.05, 0) is 47.7 Å². The van der Waals surface area contributed by atoms with Crippen molar-refractivity contribution in [2.24, 2.45) is 11.8 Å². The Bertz CT molecular complexity index is 696. The van der Waals surface area contributed by atoms with Gasteiger partial charge in [0.2, 0.25) is 0 Å². The number of rotatable bonds is 5. The maximum absolute atomic E-state index is 10.9. The molecule has 0 aromatic heterocycles. The van der Waals surface area contributed by atoms with E-state index in [1.165, 1.54) is 11.1 Å². The number of methoxy groups -OCH3 is 2. The highest BCUT2D eigenvalue weighted by Crippen LogP contribution is 2.41. The summed E-state index contributed by atoms with van der Waals surface area (Å²) in [6.45, 7) is 4.36. The molecule has 4 nitrogen and oxygen atoms in total. The summed E-state index contributed by atoms with van der Waals surface area (Å²) in [5, 5.41) is 14.7. The average Bonchev–Trinajstić information content (AvgIpc) is 2.67. The summed E-state index contributed by atoms with van der Waals surface area (Å²) in [6.07, 6.45) is 0.359. The summed E-state index contributed by atoms with van der Waals surface area (Å²) < 4.78 is 10.5. The van der Waals surface area contributed by atoms with Gasteiger partial charge in [-0.1, -0.05) is 38.1 Å². The molecule has 1 aliphatic rings. The highest BCUT2D eigenvalue weighted by molar-refractivity contribution is 5.33.